The highest BCUT2D eigenvalue weighted by Gasteiger charge is 2.15. The minimum atomic E-state index is -0.0561. The Morgan fingerprint density at radius 1 is 1.29 bits per heavy atom. The molecule has 134 valence electrons. The number of halogens is 2. The summed E-state index contributed by atoms with van der Waals surface area (Å²) in [6.45, 7) is 3.65. The van der Waals surface area contributed by atoms with Gasteiger partial charge in [-0.25, -0.2) is 4.98 Å². The van der Waals surface area contributed by atoms with Crippen LogP contribution in [0.1, 0.15) is 32.0 Å². The van der Waals surface area contributed by atoms with Gasteiger partial charge in [0.15, 0.2) is 0 Å². The normalized spacial score (nSPS) is 14.8. The van der Waals surface area contributed by atoms with Crippen molar-refractivity contribution in [2.24, 2.45) is 5.92 Å². The molecule has 1 aromatic carbocycles. The smallest absolute Gasteiger partial charge is 0.228 e. The van der Waals surface area contributed by atoms with E-state index in [1.807, 2.05) is 26.1 Å². The number of anilines is 1. The summed E-state index contributed by atoms with van der Waals surface area (Å²) in [5, 5.41) is 6.01. The topological polar surface area (TPSA) is 59.0 Å². The number of carbonyl (C=O) groups excluding carboxylic acids is 1. The third kappa shape index (κ3) is 4.41. The van der Waals surface area contributed by atoms with Crippen molar-refractivity contribution in [3.8, 4) is 0 Å². The second kappa shape index (κ2) is 9.25. The molecule has 2 aromatic rings. The van der Waals surface area contributed by atoms with Crippen molar-refractivity contribution in [3.63, 3.8) is 0 Å². The fourth-order valence-electron chi connectivity index (χ4n) is 3.09. The molecule has 1 atom stereocenters. The maximum absolute atomic E-state index is 12.1. The van der Waals surface area contributed by atoms with Crippen LogP contribution in [0, 0.1) is 5.92 Å². The van der Waals surface area contributed by atoms with Gasteiger partial charge in [-0.3, -0.25) is 4.79 Å². The van der Waals surface area contributed by atoms with E-state index in [1.165, 1.54) is 30.6 Å². The molecule has 2 heterocycles. The molecule has 1 aliphatic rings. The largest absolute Gasteiger partial charge is 0.328 e. The van der Waals surface area contributed by atoms with Crippen LogP contribution in [-0.2, 0) is 17.8 Å². The first-order valence-electron chi connectivity index (χ1n) is 8.13. The van der Waals surface area contributed by atoms with Gasteiger partial charge in [0.25, 0.3) is 0 Å². The number of nitrogens with one attached hydrogen (secondary N) is 2. The van der Waals surface area contributed by atoms with Gasteiger partial charge in [-0.15, -0.1) is 24.8 Å². The fraction of sp³-hybridized carbons (Fsp3) is 0.529. The van der Waals surface area contributed by atoms with Gasteiger partial charge in [-0.2, -0.15) is 0 Å². The average molecular weight is 373 g/mol. The highest BCUT2D eigenvalue weighted by Crippen LogP contribution is 2.24. The Balaban J connectivity index is 0.00000144. The molecule has 2 N–H and O–H groups in total. The number of benzene rings is 1. The molecule has 0 radical (unpaired) electrons. The summed E-state index contributed by atoms with van der Waals surface area (Å²) < 4.78 is 2.33. The molecule has 1 aliphatic heterocycles. The molecule has 24 heavy (non-hydrogen) atoms. The third-order valence-electron chi connectivity index (χ3n) is 4.33. The standard InChI is InChI=1S/C17H24N4O.2ClH/c1-12(11-18-2)17(22)19-13-7-8-15-14(10-13)20-16-6-4-3-5-9-21(15)16;;/h7-8,10,12,18H,3-6,9,11H2,1-2H3,(H,19,22);2*1H. The molecule has 0 saturated carbocycles. The van der Waals surface area contributed by atoms with Crippen LogP contribution < -0.4 is 10.6 Å². The minimum absolute atomic E-state index is 0. The number of fused-ring (bicyclic) bond motifs is 3. The molecule has 1 aromatic heterocycles. The van der Waals surface area contributed by atoms with E-state index in [1.54, 1.807) is 0 Å². The molecular formula is C17H26Cl2N4O. The Kier molecular flexibility index (Phi) is 8.00. The molecule has 0 aliphatic carbocycles. The van der Waals surface area contributed by atoms with Gasteiger partial charge in [-0.1, -0.05) is 13.3 Å². The van der Waals surface area contributed by atoms with E-state index in [-0.39, 0.29) is 36.6 Å². The number of aromatic nitrogens is 2. The summed E-state index contributed by atoms with van der Waals surface area (Å²) in [4.78, 5) is 16.9. The number of imidazole rings is 1. The first-order valence-corrected chi connectivity index (χ1v) is 8.13. The Hall–Kier alpha value is -1.30. The van der Waals surface area contributed by atoms with Gasteiger partial charge in [-0.05, 0) is 38.1 Å². The molecule has 0 spiro atoms. The number of rotatable bonds is 4. The molecule has 0 bridgehead atoms. The maximum Gasteiger partial charge on any atom is 0.228 e. The predicted octanol–water partition coefficient (Wildman–Crippen LogP) is 3.40. The van der Waals surface area contributed by atoms with Gasteiger partial charge in [0, 0.05) is 31.1 Å². The minimum Gasteiger partial charge on any atom is -0.328 e. The molecule has 1 unspecified atom stereocenters. The van der Waals surface area contributed by atoms with Gasteiger partial charge < -0.3 is 15.2 Å². The van der Waals surface area contributed by atoms with Crippen LogP contribution in [0.15, 0.2) is 18.2 Å². The summed E-state index contributed by atoms with van der Waals surface area (Å²) in [5.41, 5.74) is 2.99. The highest BCUT2D eigenvalue weighted by atomic mass is 35.5. The number of nitrogens with zero attached hydrogens (tertiary/aromatic N) is 2. The van der Waals surface area contributed by atoms with Crippen LogP contribution >= 0.6 is 24.8 Å². The molecule has 0 saturated heterocycles. The van der Waals surface area contributed by atoms with Gasteiger partial charge in [0.2, 0.25) is 5.91 Å². The summed E-state index contributed by atoms with van der Waals surface area (Å²) in [7, 11) is 1.86. The van der Waals surface area contributed by atoms with Gasteiger partial charge in [0.1, 0.15) is 5.82 Å². The number of aryl methyl sites for hydroxylation is 2. The van der Waals surface area contributed by atoms with E-state index in [0.29, 0.717) is 6.54 Å². The molecular weight excluding hydrogens is 347 g/mol. The van der Waals surface area contributed by atoms with Gasteiger partial charge in [0.05, 0.1) is 11.0 Å². The van der Waals surface area contributed by atoms with E-state index in [9.17, 15) is 4.79 Å². The molecule has 1 amide bonds. The summed E-state index contributed by atoms with van der Waals surface area (Å²) in [6.07, 6.45) is 4.77. The van der Waals surface area contributed by atoms with Crippen molar-refractivity contribution in [2.75, 3.05) is 18.9 Å². The van der Waals surface area contributed by atoms with Crippen molar-refractivity contribution in [1.29, 1.82) is 0 Å². The second-order valence-corrected chi connectivity index (χ2v) is 6.14. The summed E-state index contributed by atoms with van der Waals surface area (Å²) >= 11 is 0. The van der Waals surface area contributed by atoms with Crippen molar-refractivity contribution in [1.82, 2.24) is 14.9 Å². The second-order valence-electron chi connectivity index (χ2n) is 6.14. The number of hydrogen-bond acceptors (Lipinski definition) is 3. The number of carbonyl (C=O) groups is 1. The monoisotopic (exact) mass is 372 g/mol. The lowest BCUT2D eigenvalue weighted by atomic mass is 10.1. The van der Waals surface area contributed by atoms with Crippen LogP contribution in [-0.4, -0.2) is 29.1 Å². The number of hydrogen-bond donors (Lipinski definition) is 2. The van der Waals surface area contributed by atoms with Gasteiger partial charge >= 0.3 is 0 Å². The van der Waals surface area contributed by atoms with Crippen molar-refractivity contribution in [2.45, 2.75) is 39.2 Å². The molecule has 5 nitrogen and oxygen atoms in total. The quantitative estimate of drug-likeness (QED) is 0.864. The highest BCUT2D eigenvalue weighted by molar-refractivity contribution is 5.94. The maximum atomic E-state index is 12.1. The first-order chi connectivity index (χ1) is 10.7. The van der Waals surface area contributed by atoms with E-state index in [0.717, 1.165) is 24.2 Å². The van der Waals surface area contributed by atoms with E-state index in [2.05, 4.69) is 21.3 Å². The first kappa shape index (κ1) is 20.7. The summed E-state index contributed by atoms with van der Waals surface area (Å²) in [5.74, 6) is 1.16. The molecule has 3 rings (SSSR count). The molecule has 7 heteroatoms. The van der Waals surface area contributed by atoms with Crippen LogP contribution in [0.25, 0.3) is 11.0 Å². The predicted molar refractivity (Wildman–Crippen MR) is 104 cm³/mol. The zero-order chi connectivity index (χ0) is 15.5. The Morgan fingerprint density at radius 3 is 2.83 bits per heavy atom. The van der Waals surface area contributed by atoms with Crippen LogP contribution in [0.4, 0.5) is 5.69 Å². The van der Waals surface area contributed by atoms with E-state index >= 15 is 0 Å². The lowest BCUT2D eigenvalue weighted by Gasteiger charge is -2.11. The van der Waals surface area contributed by atoms with Crippen molar-refractivity contribution >= 4 is 47.4 Å². The molecule has 0 fully saturated rings. The zero-order valence-corrected chi connectivity index (χ0v) is 15.8. The average Bonchev–Trinajstić information content (AvgIpc) is 2.68. The Bertz CT molecular complexity index is 687. The summed E-state index contributed by atoms with van der Waals surface area (Å²) in [6, 6.07) is 6.04. The van der Waals surface area contributed by atoms with Crippen LogP contribution in [0.5, 0.6) is 0 Å². The Labute approximate surface area is 155 Å². The van der Waals surface area contributed by atoms with Crippen LogP contribution in [0.3, 0.4) is 0 Å². The van der Waals surface area contributed by atoms with Crippen molar-refractivity contribution in [3.05, 3.63) is 24.0 Å². The zero-order valence-electron chi connectivity index (χ0n) is 14.2. The SMILES string of the molecule is CNCC(C)C(=O)Nc1ccc2c(c1)nc1n2CCCCC1.Cl.Cl. The Morgan fingerprint density at radius 2 is 2.08 bits per heavy atom. The van der Waals surface area contributed by atoms with E-state index < -0.39 is 0 Å². The lowest BCUT2D eigenvalue weighted by Crippen LogP contribution is -2.28. The number of amides is 1. The third-order valence-corrected chi connectivity index (χ3v) is 4.33. The lowest BCUT2D eigenvalue weighted by molar-refractivity contribution is -0.119. The van der Waals surface area contributed by atoms with E-state index in [4.69, 9.17) is 4.98 Å². The fourth-order valence-corrected chi connectivity index (χ4v) is 3.09. The van der Waals surface area contributed by atoms with Crippen LogP contribution in [0.2, 0.25) is 0 Å². The van der Waals surface area contributed by atoms with Crippen molar-refractivity contribution < 1.29 is 4.79 Å².